The fraction of sp³-hybridized carbons (Fsp3) is 0.143. The maximum absolute atomic E-state index is 11.8. The molecule has 6 heteroatoms. The number of nitrogens with one attached hydrogen (secondary N) is 1. The van der Waals surface area contributed by atoms with Crippen molar-refractivity contribution in [3.05, 3.63) is 47.3 Å². The fourth-order valence-electron chi connectivity index (χ4n) is 1.65. The molecule has 0 saturated carbocycles. The Bertz CT molecular complexity index is 650. The molecule has 1 amide bonds. The number of anilines is 1. The molecule has 0 fully saturated rings. The van der Waals surface area contributed by atoms with Crippen molar-refractivity contribution in [2.45, 2.75) is 0 Å². The molecule has 0 aliphatic rings. The van der Waals surface area contributed by atoms with E-state index in [1.807, 2.05) is 13.2 Å². The number of rotatable bonds is 4. The molecule has 20 heavy (non-hydrogen) atoms. The summed E-state index contributed by atoms with van der Waals surface area (Å²) < 4.78 is 6.82. The van der Waals surface area contributed by atoms with Gasteiger partial charge in [-0.05, 0) is 24.3 Å². The van der Waals surface area contributed by atoms with Gasteiger partial charge in [-0.25, -0.2) is 0 Å². The second-order valence-electron chi connectivity index (χ2n) is 4.11. The van der Waals surface area contributed by atoms with Gasteiger partial charge in [-0.15, -0.1) is 0 Å². The summed E-state index contributed by atoms with van der Waals surface area (Å²) in [6.07, 6.45) is 6.59. The van der Waals surface area contributed by atoms with Gasteiger partial charge >= 0.3 is 0 Å². The van der Waals surface area contributed by atoms with Crippen LogP contribution in [-0.2, 0) is 11.8 Å². The van der Waals surface area contributed by atoms with Gasteiger partial charge in [0.15, 0.2) is 0 Å². The van der Waals surface area contributed by atoms with Crippen molar-refractivity contribution in [3.63, 3.8) is 0 Å². The van der Waals surface area contributed by atoms with Crippen LogP contribution in [0.5, 0.6) is 5.75 Å². The van der Waals surface area contributed by atoms with Gasteiger partial charge in [0.2, 0.25) is 5.91 Å². The molecule has 2 rings (SSSR count). The topological polar surface area (TPSA) is 56.1 Å². The molecular formula is C14H14ClN3O2. The first-order valence-electron chi connectivity index (χ1n) is 5.90. The van der Waals surface area contributed by atoms with Crippen LogP contribution in [0, 0.1) is 0 Å². The Hall–Kier alpha value is -2.27. The standard InChI is InChI=1S/C14H14ClN3O2/c1-18-9-10(8-16-18)3-6-14(19)17-12-7-11(15)4-5-13(12)20-2/h3-9H,1-2H3,(H,17,19). The highest BCUT2D eigenvalue weighted by molar-refractivity contribution is 6.31. The second kappa shape index (κ2) is 6.25. The number of carbonyl (C=O) groups excluding carboxylic acids is 1. The van der Waals surface area contributed by atoms with E-state index in [2.05, 4.69) is 10.4 Å². The number of nitrogens with zero attached hydrogens (tertiary/aromatic N) is 2. The van der Waals surface area contributed by atoms with Crippen LogP contribution in [0.25, 0.3) is 6.08 Å². The third-order valence-corrected chi connectivity index (χ3v) is 2.81. The van der Waals surface area contributed by atoms with Gasteiger partial charge < -0.3 is 10.1 Å². The molecule has 1 heterocycles. The number of benzene rings is 1. The summed E-state index contributed by atoms with van der Waals surface area (Å²) in [5, 5.41) is 7.26. The van der Waals surface area contributed by atoms with Crippen LogP contribution in [-0.4, -0.2) is 22.8 Å². The van der Waals surface area contributed by atoms with E-state index in [4.69, 9.17) is 16.3 Å². The lowest BCUT2D eigenvalue weighted by Crippen LogP contribution is -2.08. The molecule has 0 radical (unpaired) electrons. The van der Waals surface area contributed by atoms with Crippen LogP contribution in [0.4, 0.5) is 5.69 Å². The van der Waals surface area contributed by atoms with Gasteiger partial charge in [-0.2, -0.15) is 5.10 Å². The highest BCUT2D eigenvalue weighted by Crippen LogP contribution is 2.27. The van der Waals surface area contributed by atoms with Crippen molar-refractivity contribution in [1.82, 2.24) is 9.78 Å². The van der Waals surface area contributed by atoms with Crippen molar-refractivity contribution >= 4 is 29.3 Å². The summed E-state index contributed by atoms with van der Waals surface area (Å²) in [6, 6.07) is 5.03. The third-order valence-electron chi connectivity index (χ3n) is 2.57. The number of ether oxygens (including phenoxy) is 1. The van der Waals surface area contributed by atoms with Crippen LogP contribution in [0.2, 0.25) is 5.02 Å². The van der Waals surface area contributed by atoms with E-state index in [-0.39, 0.29) is 5.91 Å². The molecule has 0 spiro atoms. The summed E-state index contributed by atoms with van der Waals surface area (Å²) in [6.45, 7) is 0. The lowest BCUT2D eigenvalue weighted by atomic mass is 10.2. The van der Waals surface area contributed by atoms with Gasteiger partial charge in [-0.3, -0.25) is 9.48 Å². The van der Waals surface area contributed by atoms with Crippen LogP contribution in [0.15, 0.2) is 36.7 Å². The Morgan fingerprint density at radius 1 is 1.50 bits per heavy atom. The van der Waals surface area contributed by atoms with E-state index in [0.717, 1.165) is 5.56 Å². The Labute approximate surface area is 121 Å². The number of aromatic nitrogens is 2. The monoisotopic (exact) mass is 291 g/mol. The number of halogens is 1. The number of amides is 1. The zero-order valence-corrected chi connectivity index (χ0v) is 11.9. The average molecular weight is 292 g/mol. The first-order valence-corrected chi connectivity index (χ1v) is 6.27. The molecule has 0 atom stereocenters. The first-order chi connectivity index (χ1) is 9.58. The van der Waals surface area contributed by atoms with Gasteiger partial charge in [0.25, 0.3) is 0 Å². The summed E-state index contributed by atoms with van der Waals surface area (Å²) in [5.41, 5.74) is 1.38. The van der Waals surface area contributed by atoms with Crippen molar-refractivity contribution < 1.29 is 9.53 Å². The minimum Gasteiger partial charge on any atom is -0.495 e. The summed E-state index contributed by atoms with van der Waals surface area (Å²) in [5.74, 6) is 0.284. The van der Waals surface area contributed by atoms with Crippen molar-refractivity contribution in [1.29, 1.82) is 0 Å². The van der Waals surface area contributed by atoms with Gasteiger partial charge in [0.05, 0.1) is 19.0 Å². The maximum Gasteiger partial charge on any atom is 0.248 e. The van der Waals surface area contributed by atoms with Crippen LogP contribution < -0.4 is 10.1 Å². The van der Waals surface area contributed by atoms with E-state index >= 15 is 0 Å². The second-order valence-corrected chi connectivity index (χ2v) is 4.55. The SMILES string of the molecule is COc1ccc(Cl)cc1NC(=O)C=Cc1cnn(C)c1. The molecule has 0 unspecified atom stereocenters. The molecule has 5 nitrogen and oxygen atoms in total. The van der Waals surface area contributed by atoms with E-state index in [1.54, 1.807) is 35.2 Å². The lowest BCUT2D eigenvalue weighted by molar-refractivity contribution is -0.111. The Morgan fingerprint density at radius 3 is 2.95 bits per heavy atom. The Balaban J connectivity index is 2.08. The molecule has 0 aliphatic heterocycles. The van der Waals surface area contributed by atoms with E-state index < -0.39 is 0 Å². The lowest BCUT2D eigenvalue weighted by Gasteiger charge is -2.08. The number of aryl methyl sites for hydroxylation is 1. The smallest absolute Gasteiger partial charge is 0.248 e. The summed E-state index contributed by atoms with van der Waals surface area (Å²) in [4.78, 5) is 11.8. The molecule has 0 saturated heterocycles. The van der Waals surface area contributed by atoms with Crippen LogP contribution in [0.1, 0.15) is 5.56 Å². The van der Waals surface area contributed by atoms with Crippen molar-refractivity contribution in [2.75, 3.05) is 12.4 Å². The minimum absolute atomic E-state index is 0.269. The van der Waals surface area contributed by atoms with Crippen LogP contribution in [0.3, 0.4) is 0 Å². The molecule has 0 bridgehead atoms. The van der Waals surface area contributed by atoms with Crippen molar-refractivity contribution in [2.24, 2.45) is 7.05 Å². The van der Waals surface area contributed by atoms with E-state index in [1.165, 1.54) is 13.2 Å². The molecule has 1 aromatic carbocycles. The fourth-order valence-corrected chi connectivity index (χ4v) is 1.82. The van der Waals surface area contributed by atoms with E-state index in [0.29, 0.717) is 16.5 Å². The predicted molar refractivity (Wildman–Crippen MR) is 78.9 cm³/mol. The number of methoxy groups -OCH3 is 1. The Kier molecular flexibility index (Phi) is 4.42. The number of hydrogen-bond donors (Lipinski definition) is 1. The van der Waals surface area contributed by atoms with Crippen LogP contribution >= 0.6 is 11.6 Å². The molecule has 104 valence electrons. The number of hydrogen-bond acceptors (Lipinski definition) is 3. The first kappa shape index (κ1) is 14.1. The van der Waals surface area contributed by atoms with Gasteiger partial charge in [0.1, 0.15) is 5.75 Å². The molecular weight excluding hydrogens is 278 g/mol. The predicted octanol–water partition coefficient (Wildman–Crippen LogP) is 2.73. The molecule has 1 N–H and O–H groups in total. The zero-order chi connectivity index (χ0) is 14.5. The molecule has 0 aliphatic carbocycles. The average Bonchev–Trinajstić information content (AvgIpc) is 2.83. The summed E-state index contributed by atoms with van der Waals surface area (Å²) >= 11 is 5.90. The molecule has 1 aromatic heterocycles. The quantitative estimate of drug-likeness (QED) is 0.881. The third kappa shape index (κ3) is 3.61. The van der Waals surface area contributed by atoms with Gasteiger partial charge in [0, 0.05) is 29.9 Å². The summed E-state index contributed by atoms with van der Waals surface area (Å²) in [7, 11) is 3.35. The highest BCUT2D eigenvalue weighted by atomic mass is 35.5. The maximum atomic E-state index is 11.8. The highest BCUT2D eigenvalue weighted by Gasteiger charge is 2.06. The van der Waals surface area contributed by atoms with Crippen molar-refractivity contribution in [3.8, 4) is 5.75 Å². The zero-order valence-electron chi connectivity index (χ0n) is 11.1. The van der Waals surface area contributed by atoms with Gasteiger partial charge in [-0.1, -0.05) is 11.6 Å². The Morgan fingerprint density at radius 2 is 2.30 bits per heavy atom. The minimum atomic E-state index is -0.269. The normalized spacial score (nSPS) is 10.8. The van der Waals surface area contributed by atoms with E-state index in [9.17, 15) is 4.79 Å². The number of carbonyl (C=O) groups is 1. The largest absolute Gasteiger partial charge is 0.495 e. The molecule has 2 aromatic rings.